The summed E-state index contributed by atoms with van der Waals surface area (Å²) in [6.45, 7) is 4.35. The second kappa shape index (κ2) is 8.99. The van der Waals surface area contributed by atoms with Gasteiger partial charge in [-0.3, -0.25) is 4.79 Å². The van der Waals surface area contributed by atoms with Crippen LogP contribution in [0.4, 0.5) is 11.6 Å². The predicted molar refractivity (Wildman–Crippen MR) is 104 cm³/mol. The molecule has 0 unspecified atom stereocenters. The molecule has 0 radical (unpaired) electrons. The van der Waals surface area contributed by atoms with Gasteiger partial charge < -0.3 is 20.7 Å². The highest BCUT2D eigenvalue weighted by molar-refractivity contribution is 5.93. The van der Waals surface area contributed by atoms with Gasteiger partial charge in [0.25, 0.3) is 5.91 Å². The summed E-state index contributed by atoms with van der Waals surface area (Å²) in [5.41, 5.74) is 6.35. The minimum Gasteiger partial charge on any atom is -0.477 e. The second-order valence-electron chi connectivity index (χ2n) is 6.51. The molecule has 1 fully saturated rings. The first kappa shape index (κ1) is 19.4. The number of nitrogens with zero attached hydrogens (tertiary/aromatic N) is 5. The molecular formula is C19H23N7O2. The van der Waals surface area contributed by atoms with Gasteiger partial charge in [0.15, 0.2) is 0 Å². The Morgan fingerprint density at radius 2 is 2.11 bits per heavy atom. The molecule has 2 aromatic heterocycles. The summed E-state index contributed by atoms with van der Waals surface area (Å²) in [6, 6.07) is 5.16. The van der Waals surface area contributed by atoms with Crippen molar-refractivity contribution in [3.8, 4) is 11.9 Å². The number of ether oxygens (including phenoxy) is 1. The molecule has 28 heavy (non-hydrogen) atoms. The number of amides is 1. The Bertz CT molecular complexity index is 859. The van der Waals surface area contributed by atoms with Gasteiger partial charge in [-0.1, -0.05) is 0 Å². The SMILES string of the molecule is CCOc1nc(C(=O)NCC2CCN(c3ncccn3)CC2)cc(N)c1C#N. The smallest absolute Gasteiger partial charge is 0.270 e. The Morgan fingerprint density at radius 1 is 1.39 bits per heavy atom. The van der Waals surface area contributed by atoms with Crippen LogP contribution in [0.25, 0.3) is 0 Å². The van der Waals surface area contributed by atoms with E-state index >= 15 is 0 Å². The molecule has 1 aliphatic rings. The Morgan fingerprint density at radius 3 is 2.75 bits per heavy atom. The molecular weight excluding hydrogens is 358 g/mol. The number of piperidine rings is 1. The van der Waals surface area contributed by atoms with E-state index in [-0.39, 0.29) is 28.7 Å². The van der Waals surface area contributed by atoms with Gasteiger partial charge in [-0.15, -0.1) is 0 Å². The van der Waals surface area contributed by atoms with Gasteiger partial charge >= 0.3 is 0 Å². The molecule has 1 saturated heterocycles. The molecule has 0 bridgehead atoms. The molecule has 0 aromatic carbocycles. The molecule has 0 saturated carbocycles. The van der Waals surface area contributed by atoms with Crippen molar-refractivity contribution < 1.29 is 9.53 Å². The molecule has 0 atom stereocenters. The van der Waals surface area contributed by atoms with Crippen molar-refractivity contribution in [1.29, 1.82) is 5.26 Å². The Labute approximate surface area is 163 Å². The number of hydrogen-bond acceptors (Lipinski definition) is 8. The standard InChI is InChI=1S/C19H23N7O2/c1-2-28-18-14(11-20)15(21)10-16(25-18)17(27)24-12-13-4-8-26(9-5-13)19-22-6-3-7-23-19/h3,6-7,10,13H,2,4-5,8-9,12H2,1H3,(H2,21,25)(H,24,27). The summed E-state index contributed by atoms with van der Waals surface area (Å²) in [7, 11) is 0. The number of hydrogen-bond donors (Lipinski definition) is 2. The monoisotopic (exact) mass is 381 g/mol. The summed E-state index contributed by atoms with van der Waals surface area (Å²) in [5, 5.41) is 12.1. The van der Waals surface area contributed by atoms with E-state index in [1.165, 1.54) is 6.07 Å². The summed E-state index contributed by atoms with van der Waals surface area (Å²) in [6.07, 6.45) is 5.35. The van der Waals surface area contributed by atoms with Crippen LogP contribution in [0.1, 0.15) is 35.8 Å². The highest BCUT2D eigenvalue weighted by Gasteiger charge is 2.22. The molecule has 0 aliphatic carbocycles. The van der Waals surface area contributed by atoms with E-state index in [0.717, 1.165) is 31.9 Å². The number of pyridine rings is 1. The minimum atomic E-state index is -0.328. The fourth-order valence-electron chi connectivity index (χ4n) is 3.13. The summed E-state index contributed by atoms with van der Waals surface area (Å²) >= 11 is 0. The predicted octanol–water partition coefficient (Wildman–Crippen LogP) is 1.37. The lowest BCUT2D eigenvalue weighted by Crippen LogP contribution is -2.39. The zero-order valence-electron chi connectivity index (χ0n) is 15.8. The molecule has 9 heteroatoms. The minimum absolute atomic E-state index is 0.0892. The van der Waals surface area contributed by atoms with Crippen LogP contribution in [0.3, 0.4) is 0 Å². The highest BCUT2D eigenvalue weighted by atomic mass is 16.5. The normalized spacial score (nSPS) is 14.4. The lowest BCUT2D eigenvalue weighted by atomic mass is 9.97. The lowest BCUT2D eigenvalue weighted by Gasteiger charge is -2.31. The molecule has 0 spiro atoms. The largest absolute Gasteiger partial charge is 0.477 e. The molecule has 1 amide bonds. The van der Waals surface area contributed by atoms with Crippen molar-refractivity contribution in [2.24, 2.45) is 5.92 Å². The number of nitrogens with two attached hydrogens (primary N) is 1. The maximum absolute atomic E-state index is 12.5. The summed E-state index contributed by atoms with van der Waals surface area (Å²) < 4.78 is 5.34. The first-order valence-corrected chi connectivity index (χ1v) is 9.26. The van der Waals surface area contributed by atoms with E-state index < -0.39 is 0 Å². The van der Waals surface area contributed by atoms with Gasteiger partial charge in [-0.25, -0.2) is 15.0 Å². The third-order valence-electron chi connectivity index (χ3n) is 4.64. The van der Waals surface area contributed by atoms with Crippen LogP contribution in [-0.4, -0.2) is 47.1 Å². The van der Waals surface area contributed by atoms with Crippen molar-refractivity contribution in [2.75, 3.05) is 36.9 Å². The van der Waals surface area contributed by atoms with Crippen molar-refractivity contribution in [3.05, 3.63) is 35.8 Å². The molecule has 146 valence electrons. The van der Waals surface area contributed by atoms with E-state index in [1.54, 1.807) is 25.4 Å². The molecule has 9 nitrogen and oxygen atoms in total. The fraction of sp³-hybridized carbons (Fsp3) is 0.421. The number of nitrogen functional groups attached to an aromatic ring is 1. The van der Waals surface area contributed by atoms with Crippen LogP contribution in [0, 0.1) is 17.2 Å². The van der Waals surface area contributed by atoms with Crippen LogP contribution in [-0.2, 0) is 0 Å². The van der Waals surface area contributed by atoms with Crippen molar-refractivity contribution in [3.63, 3.8) is 0 Å². The average molecular weight is 381 g/mol. The van der Waals surface area contributed by atoms with Crippen LogP contribution >= 0.6 is 0 Å². The molecule has 2 aromatic rings. The van der Waals surface area contributed by atoms with Gasteiger partial charge in [-0.05, 0) is 37.8 Å². The molecule has 3 heterocycles. The zero-order valence-corrected chi connectivity index (χ0v) is 15.8. The van der Waals surface area contributed by atoms with Crippen LogP contribution < -0.4 is 20.7 Å². The van der Waals surface area contributed by atoms with Crippen molar-refractivity contribution in [2.45, 2.75) is 19.8 Å². The van der Waals surface area contributed by atoms with Gasteiger partial charge in [-0.2, -0.15) is 5.26 Å². The van der Waals surface area contributed by atoms with Crippen molar-refractivity contribution >= 4 is 17.5 Å². The summed E-state index contributed by atoms with van der Waals surface area (Å²) in [4.78, 5) is 27.3. The first-order chi connectivity index (χ1) is 13.6. The zero-order chi connectivity index (χ0) is 19.9. The number of carbonyl (C=O) groups is 1. The number of nitriles is 1. The van der Waals surface area contributed by atoms with Crippen LogP contribution in [0.2, 0.25) is 0 Å². The van der Waals surface area contributed by atoms with Crippen LogP contribution in [0.15, 0.2) is 24.5 Å². The first-order valence-electron chi connectivity index (χ1n) is 9.26. The Balaban J connectivity index is 1.56. The lowest BCUT2D eigenvalue weighted by molar-refractivity contribution is 0.0938. The van der Waals surface area contributed by atoms with E-state index in [0.29, 0.717) is 19.1 Å². The molecule has 3 N–H and O–H groups in total. The number of rotatable bonds is 6. The maximum Gasteiger partial charge on any atom is 0.270 e. The molecule has 1 aliphatic heterocycles. The number of aromatic nitrogens is 3. The Kier molecular flexibility index (Phi) is 6.22. The van der Waals surface area contributed by atoms with E-state index in [4.69, 9.17) is 15.7 Å². The third kappa shape index (κ3) is 4.46. The van der Waals surface area contributed by atoms with E-state index in [1.807, 2.05) is 6.07 Å². The van der Waals surface area contributed by atoms with E-state index in [9.17, 15) is 4.79 Å². The average Bonchev–Trinajstić information content (AvgIpc) is 2.73. The molecule has 3 rings (SSSR count). The van der Waals surface area contributed by atoms with Crippen molar-refractivity contribution in [1.82, 2.24) is 20.3 Å². The number of anilines is 2. The van der Waals surface area contributed by atoms with Gasteiger partial charge in [0.2, 0.25) is 11.8 Å². The van der Waals surface area contributed by atoms with Gasteiger partial charge in [0.1, 0.15) is 17.3 Å². The topological polar surface area (TPSA) is 130 Å². The summed E-state index contributed by atoms with van der Waals surface area (Å²) in [5.74, 6) is 0.869. The van der Waals surface area contributed by atoms with Crippen LogP contribution in [0.5, 0.6) is 5.88 Å². The quantitative estimate of drug-likeness (QED) is 0.767. The van der Waals surface area contributed by atoms with Gasteiger partial charge in [0.05, 0.1) is 12.3 Å². The highest BCUT2D eigenvalue weighted by Crippen LogP contribution is 2.23. The number of nitrogens with one attached hydrogen (secondary N) is 1. The number of carbonyl (C=O) groups excluding carboxylic acids is 1. The fourth-order valence-corrected chi connectivity index (χ4v) is 3.13. The second-order valence-corrected chi connectivity index (χ2v) is 6.51. The maximum atomic E-state index is 12.5. The van der Waals surface area contributed by atoms with E-state index in [2.05, 4.69) is 25.2 Å². The Hall–Kier alpha value is -3.41. The van der Waals surface area contributed by atoms with Gasteiger partial charge in [0, 0.05) is 32.0 Å². The third-order valence-corrected chi connectivity index (χ3v) is 4.64.